The third kappa shape index (κ3) is 7.55. The summed E-state index contributed by atoms with van der Waals surface area (Å²) in [6.45, 7) is 6.38. The van der Waals surface area contributed by atoms with Crippen LogP contribution in [-0.2, 0) is 17.8 Å². The highest BCUT2D eigenvalue weighted by molar-refractivity contribution is 5.96. The van der Waals surface area contributed by atoms with Gasteiger partial charge in [-0.3, -0.25) is 14.3 Å². The number of aliphatic hydroxyl groups excluding tert-OH is 1. The Morgan fingerprint density at radius 2 is 1.86 bits per heavy atom. The van der Waals surface area contributed by atoms with Gasteiger partial charge in [0.25, 0.3) is 5.91 Å². The van der Waals surface area contributed by atoms with Gasteiger partial charge in [0, 0.05) is 49.1 Å². The molecule has 2 heterocycles. The second-order valence-corrected chi connectivity index (χ2v) is 11.4. The number of carbonyl (C=O) groups is 2. The van der Waals surface area contributed by atoms with Crippen molar-refractivity contribution in [1.82, 2.24) is 15.1 Å². The van der Waals surface area contributed by atoms with Crippen molar-refractivity contribution in [2.24, 2.45) is 0 Å². The molecule has 230 valence electrons. The number of anilines is 1. The van der Waals surface area contributed by atoms with E-state index < -0.39 is 0 Å². The molecular formula is C36H42N4O4. The van der Waals surface area contributed by atoms with Gasteiger partial charge < -0.3 is 20.1 Å². The molecule has 4 aromatic rings. The van der Waals surface area contributed by atoms with E-state index in [1.807, 2.05) is 58.4 Å². The molecule has 0 radical (unpaired) electrons. The first-order chi connectivity index (χ1) is 21.4. The van der Waals surface area contributed by atoms with Gasteiger partial charge in [-0.1, -0.05) is 36.4 Å². The smallest absolute Gasteiger partial charge is 0.251 e. The summed E-state index contributed by atoms with van der Waals surface area (Å²) in [6, 6.07) is 19.8. The number of aliphatic hydroxyl groups is 1. The number of aromatic nitrogens is 2. The molecule has 0 aliphatic carbocycles. The number of nitrogens with zero attached hydrogens (tertiary/aromatic N) is 3. The molecule has 5 rings (SSSR count). The van der Waals surface area contributed by atoms with Gasteiger partial charge in [0.15, 0.2) is 0 Å². The summed E-state index contributed by atoms with van der Waals surface area (Å²) in [6.07, 6.45) is 8.42. The minimum absolute atomic E-state index is 0.0467. The van der Waals surface area contributed by atoms with Crippen LogP contribution in [0.4, 0.5) is 5.69 Å². The van der Waals surface area contributed by atoms with Crippen molar-refractivity contribution in [1.29, 1.82) is 0 Å². The van der Waals surface area contributed by atoms with Crippen LogP contribution in [0.1, 0.15) is 64.7 Å². The lowest BCUT2D eigenvalue weighted by Crippen LogP contribution is -2.31. The maximum absolute atomic E-state index is 13.5. The van der Waals surface area contributed by atoms with E-state index in [1.165, 1.54) is 11.1 Å². The Morgan fingerprint density at radius 1 is 1.02 bits per heavy atom. The van der Waals surface area contributed by atoms with Crippen molar-refractivity contribution in [3.63, 3.8) is 0 Å². The molecule has 1 aromatic heterocycles. The molecule has 0 saturated heterocycles. The van der Waals surface area contributed by atoms with Crippen molar-refractivity contribution in [3.8, 4) is 16.9 Å². The van der Waals surface area contributed by atoms with Crippen LogP contribution in [0.25, 0.3) is 11.1 Å². The molecule has 0 fully saturated rings. The molecule has 0 bridgehead atoms. The first-order valence-corrected chi connectivity index (χ1v) is 15.6. The van der Waals surface area contributed by atoms with Gasteiger partial charge in [-0.25, -0.2) is 0 Å². The topological polar surface area (TPSA) is 96.7 Å². The zero-order valence-electron chi connectivity index (χ0n) is 25.7. The fourth-order valence-corrected chi connectivity index (χ4v) is 5.70. The summed E-state index contributed by atoms with van der Waals surface area (Å²) in [5.41, 5.74) is 8.19. The van der Waals surface area contributed by atoms with Gasteiger partial charge in [-0.2, -0.15) is 5.10 Å². The predicted octanol–water partition coefficient (Wildman–Crippen LogP) is 5.86. The molecule has 1 aliphatic rings. The second kappa shape index (κ2) is 14.8. The Bertz CT molecular complexity index is 1590. The summed E-state index contributed by atoms with van der Waals surface area (Å²) >= 11 is 0. The summed E-state index contributed by atoms with van der Waals surface area (Å²) in [4.78, 5) is 27.9. The van der Waals surface area contributed by atoms with Crippen LogP contribution in [0.15, 0.2) is 73.1 Å². The number of ether oxygens (including phenoxy) is 1. The molecule has 2 amide bonds. The molecule has 1 aliphatic heterocycles. The molecule has 44 heavy (non-hydrogen) atoms. The minimum atomic E-state index is -0.151. The summed E-state index contributed by atoms with van der Waals surface area (Å²) in [7, 11) is 0. The van der Waals surface area contributed by atoms with Crippen LogP contribution in [0.5, 0.6) is 5.75 Å². The molecule has 0 saturated carbocycles. The van der Waals surface area contributed by atoms with Crippen LogP contribution >= 0.6 is 0 Å². The maximum atomic E-state index is 13.5. The number of rotatable bonds is 12. The Morgan fingerprint density at radius 3 is 2.73 bits per heavy atom. The van der Waals surface area contributed by atoms with Crippen molar-refractivity contribution in [3.05, 3.63) is 101 Å². The fourth-order valence-electron chi connectivity index (χ4n) is 5.70. The lowest BCUT2D eigenvalue weighted by molar-refractivity contribution is -0.118. The molecule has 8 heteroatoms. The van der Waals surface area contributed by atoms with E-state index >= 15 is 0 Å². The van der Waals surface area contributed by atoms with Crippen molar-refractivity contribution in [2.45, 2.75) is 58.9 Å². The average Bonchev–Trinajstić information content (AvgIpc) is 3.38. The Labute approximate surface area is 259 Å². The van der Waals surface area contributed by atoms with Crippen molar-refractivity contribution >= 4 is 17.5 Å². The van der Waals surface area contributed by atoms with E-state index in [2.05, 4.69) is 42.5 Å². The lowest BCUT2D eigenvalue weighted by Gasteiger charge is -2.24. The van der Waals surface area contributed by atoms with E-state index in [1.54, 1.807) is 6.07 Å². The van der Waals surface area contributed by atoms with Gasteiger partial charge in [0.2, 0.25) is 5.91 Å². The second-order valence-electron chi connectivity index (χ2n) is 11.4. The van der Waals surface area contributed by atoms with Gasteiger partial charge >= 0.3 is 0 Å². The number of nitrogens with one attached hydrogen (secondary N) is 1. The van der Waals surface area contributed by atoms with Crippen molar-refractivity contribution < 1.29 is 19.4 Å². The predicted molar refractivity (Wildman–Crippen MR) is 173 cm³/mol. The van der Waals surface area contributed by atoms with Crippen LogP contribution in [0.2, 0.25) is 0 Å². The Balaban J connectivity index is 1.25. The minimum Gasteiger partial charge on any atom is -0.493 e. The van der Waals surface area contributed by atoms with Crippen LogP contribution in [0, 0.1) is 13.8 Å². The summed E-state index contributed by atoms with van der Waals surface area (Å²) in [5, 5.41) is 16.4. The highest BCUT2D eigenvalue weighted by atomic mass is 16.5. The summed E-state index contributed by atoms with van der Waals surface area (Å²) in [5.74, 6) is 0.863. The average molecular weight is 595 g/mol. The highest BCUT2D eigenvalue weighted by Crippen LogP contribution is 2.35. The molecule has 3 aromatic carbocycles. The van der Waals surface area contributed by atoms with E-state index in [4.69, 9.17) is 9.84 Å². The molecule has 8 nitrogen and oxygen atoms in total. The van der Waals surface area contributed by atoms with E-state index in [9.17, 15) is 9.59 Å². The Hall–Kier alpha value is -4.43. The highest BCUT2D eigenvalue weighted by Gasteiger charge is 2.23. The quantitative estimate of drug-likeness (QED) is 0.201. The van der Waals surface area contributed by atoms with Gasteiger partial charge in [0.05, 0.1) is 19.3 Å². The lowest BCUT2D eigenvalue weighted by atomic mass is 9.97. The third-order valence-corrected chi connectivity index (χ3v) is 8.25. The molecular weight excluding hydrogens is 552 g/mol. The first kappa shape index (κ1) is 31.0. The third-order valence-electron chi connectivity index (χ3n) is 8.25. The van der Waals surface area contributed by atoms with Gasteiger partial charge in [-0.15, -0.1) is 0 Å². The number of hydrogen-bond donors (Lipinski definition) is 2. The monoisotopic (exact) mass is 594 g/mol. The number of amides is 2. The fraction of sp³-hybridized carbons (Fsp3) is 0.361. The number of benzene rings is 3. The Kier molecular flexibility index (Phi) is 10.5. The van der Waals surface area contributed by atoms with Crippen LogP contribution < -0.4 is 15.0 Å². The van der Waals surface area contributed by atoms with Gasteiger partial charge in [-0.05, 0) is 98.0 Å². The van der Waals surface area contributed by atoms with Crippen LogP contribution in [0.3, 0.4) is 0 Å². The van der Waals surface area contributed by atoms with E-state index in [0.29, 0.717) is 44.5 Å². The number of aryl methyl sites for hydroxylation is 1. The maximum Gasteiger partial charge on any atom is 0.251 e. The number of carbonyl (C=O) groups excluding carboxylic acids is 2. The molecule has 2 N–H and O–H groups in total. The normalized spacial score (nSPS) is 12.8. The largest absolute Gasteiger partial charge is 0.493 e. The number of fused-ring (bicyclic) bond motifs is 1. The van der Waals surface area contributed by atoms with Gasteiger partial charge in [0.1, 0.15) is 5.75 Å². The number of hydrogen-bond acceptors (Lipinski definition) is 5. The van der Waals surface area contributed by atoms with Crippen molar-refractivity contribution in [2.75, 3.05) is 31.2 Å². The molecule has 0 spiro atoms. The summed E-state index contributed by atoms with van der Waals surface area (Å²) < 4.78 is 7.88. The SMILES string of the molecule is Cc1cccc(OCCCC(=O)N2CCCCc3c(-c4cnn(Cc5cccc(C(=O)NCCCO)c5)c4)cccc32)c1C. The first-order valence-electron chi connectivity index (χ1n) is 15.6. The van der Waals surface area contributed by atoms with E-state index in [-0.39, 0.29) is 18.4 Å². The zero-order valence-corrected chi connectivity index (χ0v) is 25.7. The van der Waals surface area contributed by atoms with Crippen LogP contribution in [-0.4, -0.2) is 53.0 Å². The molecule has 0 unspecified atom stereocenters. The molecule has 0 atom stereocenters. The zero-order chi connectivity index (χ0) is 30.9. The standard InChI is InChI=1S/C36H42N4O4/c1-26-10-5-16-34(27(26)2)44-21-8-17-35(42)40-19-4-3-13-32-31(14-7-15-33(32)40)30-23-38-39(25-30)24-28-11-6-12-29(22-28)36(43)37-18-9-20-41/h5-7,10-12,14-16,22-23,25,41H,3-4,8-9,13,17-21,24H2,1-2H3,(H,37,43). The van der Waals surface area contributed by atoms with E-state index in [0.717, 1.165) is 59.5 Å².